The van der Waals surface area contributed by atoms with Gasteiger partial charge in [-0.2, -0.15) is 0 Å². The quantitative estimate of drug-likeness (QED) is 0.587. The molecule has 0 aliphatic rings. The van der Waals surface area contributed by atoms with Crippen LogP contribution in [0.2, 0.25) is 0 Å². The fourth-order valence-corrected chi connectivity index (χ4v) is 2.96. The first-order valence-corrected chi connectivity index (χ1v) is 9.98. The first-order valence-electron chi connectivity index (χ1n) is 9.98. The molecule has 0 spiro atoms. The molecule has 3 aromatic rings. The van der Waals surface area contributed by atoms with Gasteiger partial charge in [-0.05, 0) is 61.9 Å². The molecule has 0 atom stereocenters. The van der Waals surface area contributed by atoms with Crippen LogP contribution in [0.25, 0.3) is 5.69 Å². The van der Waals surface area contributed by atoms with Gasteiger partial charge < -0.3 is 10.6 Å². The van der Waals surface area contributed by atoms with Gasteiger partial charge in [0.1, 0.15) is 5.56 Å². The smallest absolute Gasteiger partial charge is 0.267 e. The van der Waals surface area contributed by atoms with Crippen LogP contribution in [0.3, 0.4) is 0 Å². The lowest BCUT2D eigenvalue weighted by Crippen LogP contribution is -2.32. The number of pyridine rings is 1. The minimum atomic E-state index is -0.386. The third-order valence-electron chi connectivity index (χ3n) is 4.72. The van der Waals surface area contributed by atoms with Crippen LogP contribution >= 0.6 is 0 Å². The number of nitrogens with zero attached hydrogens (tertiary/aromatic N) is 1. The van der Waals surface area contributed by atoms with E-state index in [-0.39, 0.29) is 22.9 Å². The van der Waals surface area contributed by atoms with E-state index >= 15 is 0 Å². The predicted molar refractivity (Wildman–Crippen MR) is 118 cm³/mol. The van der Waals surface area contributed by atoms with Crippen molar-refractivity contribution in [2.45, 2.75) is 26.7 Å². The van der Waals surface area contributed by atoms with Gasteiger partial charge in [0.05, 0.1) is 0 Å². The highest BCUT2D eigenvalue weighted by atomic mass is 16.2. The van der Waals surface area contributed by atoms with Crippen LogP contribution in [-0.4, -0.2) is 22.9 Å². The Morgan fingerprint density at radius 2 is 1.63 bits per heavy atom. The fourth-order valence-electron chi connectivity index (χ4n) is 2.96. The first-order chi connectivity index (χ1) is 14.5. The minimum Gasteiger partial charge on any atom is -0.352 e. The number of amides is 2. The number of hydrogen-bond donors (Lipinski definition) is 2. The lowest BCUT2D eigenvalue weighted by atomic mass is 10.1. The highest BCUT2D eigenvalue weighted by Gasteiger charge is 2.12. The second-order valence-corrected chi connectivity index (χ2v) is 7.07. The summed E-state index contributed by atoms with van der Waals surface area (Å²) in [5.74, 6) is -0.574. The molecule has 0 saturated carbocycles. The Kier molecular flexibility index (Phi) is 6.80. The van der Waals surface area contributed by atoms with Crippen molar-refractivity contribution in [2.75, 3.05) is 11.9 Å². The van der Waals surface area contributed by atoms with E-state index in [0.29, 0.717) is 23.5 Å². The van der Waals surface area contributed by atoms with Gasteiger partial charge in [-0.3, -0.25) is 19.0 Å². The van der Waals surface area contributed by atoms with Gasteiger partial charge in [0, 0.05) is 29.7 Å². The maximum Gasteiger partial charge on any atom is 0.267 e. The summed E-state index contributed by atoms with van der Waals surface area (Å²) in [7, 11) is 0. The second kappa shape index (κ2) is 9.69. The number of benzene rings is 2. The Hall–Kier alpha value is -3.67. The van der Waals surface area contributed by atoms with Crippen molar-refractivity contribution in [3.05, 3.63) is 93.9 Å². The van der Waals surface area contributed by atoms with Gasteiger partial charge in [-0.15, -0.1) is 0 Å². The molecule has 30 heavy (non-hydrogen) atoms. The number of hydrogen-bond acceptors (Lipinski definition) is 3. The van der Waals surface area contributed by atoms with Gasteiger partial charge >= 0.3 is 0 Å². The number of nitrogens with one attached hydrogen (secondary N) is 2. The SMILES string of the molecule is CCCCNC(=O)c1cccn(-c2ccc(NC(=O)c3ccc(C)cc3)cc2)c1=O. The maximum absolute atomic E-state index is 12.8. The van der Waals surface area contributed by atoms with E-state index in [9.17, 15) is 14.4 Å². The lowest BCUT2D eigenvalue weighted by molar-refractivity contribution is 0.0950. The van der Waals surface area contributed by atoms with Gasteiger partial charge in [-0.25, -0.2) is 0 Å². The predicted octanol–water partition coefficient (Wildman–Crippen LogP) is 3.93. The molecule has 0 aliphatic carbocycles. The largest absolute Gasteiger partial charge is 0.352 e. The summed E-state index contributed by atoms with van der Waals surface area (Å²) in [5, 5.41) is 5.61. The molecule has 0 fully saturated rings. The van der Waals surface area contributed by atoms with Crippen molar-refractivity contribution >= 4 is 17.5 Å². The topological polar surface area (TPSA) is 80.2 Å². The molecule has 2 aromatic carbocycles. The van der Waals surface area contributed by atoms with Gasteiger partial charge in [0.25, 0.3) is 17.4 Å². The molecule has 2 N–H and O–H groups in total. The molecular weight excluding hydrogens is 378 g/mol. The Morgan fingerprint density at radius 3 is 2.30 bits per heavy atom. The number of aryl methyl sites for hydroxylation is 1. The zero-order valence-corrected chi connectivity index (χ0v) is 17.1. The molecule has 6 nitrogen and oxygen atoms in total. The number of unbranched alkanes of at least 4 members (excludes halogenated alkanes) is 1. The van der Waals surface area contributed by atoms with Crippen LogP contribution in [0, 0.1) is 6.92 Å². The summed E-state index contributed by atoms with van der Waals surface area (Å²) in [6.45, 7) is 4.54. The molecular formula is C24H25N3O3. The van der Waals surface area contributed by atoms with Crippen LogP contribution in [0.15, 0.2) is 71.7 Å². The van der Waals surface area contributed by atoms with Crippen molar-refractivity contribution in [2.24, 2.45) is 0 Å². The standard InChI is InChI=1S/C24H25N3O3/c1-3-4-15-25-23(29)21-6-5-16-27(24(21)30)20-13-11-19(12-14-20)26-22(28)18-9-7-17(2)8-10-18/h5-14,16H,3-4,15H2,1-2H3,(H,25,29)(H,26,28). The molecule has 0 radical (unpaired) electrons. The van der Waals surface area contributed by atoms with Gasteiger partial charge in [-0.1, -0.05) is 31.0 Å². The summed E-state index contributed by atoms with van der Waals surface area (Å²) < 4.78 is 1.42. The number of aromatic nitrogens is 1. The molecule has 1 aromatic heterocycles. The molecule has 3 rings (SSSR count). The van der Waals surface area contributed by atoms with E-state index in [1.54, 1.807) is 48.7 Å². The maximum atomic E-state index is 12.8. The summed E-state index contributed by atoms with van der Waals surface area (Å²) in [6.07, 6.45) is 3.44. The van der Waals surface area contributed by atoms with E-state index in [1.165, 1.54) is 10.6 Å². The highest BCUT2D eigenvalue weighted by Crippen LogP contribution is 2.14. The van der Waals surface area contributed by atoms with Gasteiger partial charge in [0.15, 0.2) is 0 Å². The van der Waals surface area contributed by atoms with E-state index in [2.05, 4.69) is 10.6 Å². The Bertz CT molecular complexity index is 1080. The van der Waals surface area contributed by atoms with E-state index in [1.807, 2.05) is 26.0 Å². The van der Waals surface area contributed by atoms with Crippen molar-refractivity contribution in [1.29, 1.82) is 0 Å². The number of anilines is 1. The summed E-state index contributed by atoms with van der Waals surface area (Å²) in [5.41, 5.74) is 2.60. The Morgan fingerprint density at radius 1 is 0.933 bits per heavy atom. The Balaban J connectivity index is 1.75. The van der Waals surface area contributed by atoms with Crippen LogP contribution in [0.1, 0.15) is 46.0 Å². The van der Waals surface area contributed by atoms with Crippen molar-refractivity contribution in [1.82, 2.24) is 9.88 Å². The van der Waals surface area contributed by atoms with Crippen molar-refractivity contribution < 1.29 is 9.59 Å². The number of rotatable bonds is 7. The average molecular weight is 403 g/mol. The third-order valence-corrected chi connectivity index (χ3v) is 4.72. The molecule has 0 bridgehead atoms. The van der Waals surface area contributed by atoms with Crippen LogP contribution in [-0.2, 0) is 0 Å². The monoisotopic (exact) mass is 403 g/mol. The first kappa shape index (κ1) is 21.0. The molecule has 1 heterocycles. The number of carbonyl (C=O) groups is 2. The van der Waals surface area contributed by atoms with E-state index < -0.39 is 0 Å². The third kappa shape index (κ3) is 5.03. The minimum absolute atomic E-state index is 0.102. The summed E-state index contributed by atoms with van der Waals surface area (Å²) in [4.78, 5) is 37.4. The van der Waals surface area contributed by atoms with Crippen molar-refractivity contribution in [3.63, 3.8) is 0 Å². The molecule has 0 unspecified atom stereocenters. The molecule has 154 valence electrons. The summed E-state index contributed by atoms with van der Waals surface area (Å²) in [6, 6.07) is 17.4. The zero-order valence-electron chi connectivity index (χ0n) is 17.1. The average Bonchev–Trinajstić information content (AvgIpc) is 2.75. The van der Waals surface area contributed by atoms with E-state index in [0.717, 1.165) is 18.4 Å². The van der Waals surface area contributed by atoms with Crippen LogP contribution in [0.5, 0.6) is 0 Å². The molecule has 0 aliphatic heterocycles. The fraction of sp³-hybridized carbons (Fsp3) is 0.208. The van der Waals surface area contributed by atoms with Crippen LogP contribution in [0.4, 0.5) is 5.69 Å². The van der Waals surface area contributed by atoms with E-state index in [4.69, 9.17) is 0 Å². The molecule has 6 heteroatoms. The summed E-state index contributed by atoms with van der Waals surface area (Å²) >= 11 is 0. The number of carbonyl (C=O) groups excluding carboxylic acids is 2. The zero-order chi connectivity index (χ0) is 21.5. The molecule has 2 amide bonds. The Labute approximate surface area is 175 Å². The normalized spacial score (nSPS) is 10.5. The van der Waals surface area contributed by atoms with Gasteiger partial charge in [0.2, 0.25) is 0 Å². The van der Waals surface area contributed by atoms with Crippen LogP contribution < -0.4 is 16.2 Å². The lowest BCUT2D eigenvalue weighted by Gasteiger charge is -2.10. The second-order valence-electron chi connectivity index (χ2n) is 7.07. The highest BCUT2D eigenvalue weighted by molar-refractivity contribution is 6.04. The molecule has 0 saturated heterocycles. The van der Waals surface area contributed by atoms with Crippen molar-refractivity contribution in [3.8, 4) is 5.69 Å².